The fraction of sp³-hybridized carbons (Fsp3) is 0.600. The summed E-state index contributed by atoms with van der Waals surface area (Å²) >= 11 is 0. The molecule has 0 spiro atoms. The molecular formula is C20H27NO7. The van der Waals surface area contributed by atoms with Gasteiger partial charge in [0.25, 0.3) is 0 Å². The molecular weight excluding hydrogens is 366 g/mol. The van der Waals surface area contributed by atoms with Gasteiger partial charge in [0.1, 0.15) is 24.9 Å². The van der Waals surface area contributed by atoms with Crippen molar-refractivity contribution in [1.29, 1.82) is 0 Å². The molecule has 2 aliphatic heterocycles. The molecule has 0 aromatic heterocycles. The summed E-state index contributed by atoms with van der Waals surface area (Å²) < 4.78 is 28.3. The largest absolute Gasteiger partial charge is 0.458 e. The van der Waals surface area contributed by atoms with E-state index >= 15 is 0 Å². The van der Waals surface area contributed by atoms with E-state index in [1.165, 1.54) is 0 Å². The highest BCUT2D eigenvalue weighted by Crippen LogP contribution is 2.34. The predicted octanol–water partition coefficient (Wildman–Crippen LogP) is 2.15. The lowest BCUT2D eigenvalue weighted by Gasteiger charge is -2.25. The standard InChI is InChI=1S/C20H27NO7/c1-12-16-17(28-20(3,4)27-16)13(2)26-18(22)15(11-24-12)21-19(23)25-10-14-8-6-5-7-9-14/h5-9,12-13,15-17H,10-11H2,1-4H3,(H,21,23)/t12-,13-,15+,16-,17-/m1/s1. The molecule has 2 saturated heterocycles. The highest BCUT2D eigenvalue weighted by Gasteiger charge is 2.49. The summed E-state index contributed by atoms with van der Waals surface area (Å²) in [6.45, 7) is 7.24. The zero-order chi connectivity index (χ0) is 20.3. The number of benzene rings is 1. The van der Waals surface area contributed by atoms with Gasteiger partial charge in [-0.25, -0.2) is 9.59 Å². The summed E-state index contributed by atoms with van der Waals surface area (Å²) in [7, 11) is 0. The van der Waals surface area contributed by atoms with E-state index in [2.05, 4.69) is 5.32 Å². The molecule has 154 valence electrons. The number of carbonyl (C=O) groups is 2. The summed E-state index contributed by atoms with van der Waals surface area (Å²) in [5.74, 6) is -1.39. The molecule has 0 bridgehead atoms. The second-order valence-electron chi connectivity index (χ2n) is 7.50. The van der Waals surface area contributed by atoms with Crippen LogP contribution in [0.25, 0.3) is 0 Å². The topological polar surface area (TPSA) is 92.3 Å². The quantitative estimate of drug-likeness (QED) is 0.787. The molecule has 0 unspecified atom stereocenters. The van der Waals surface area contributed by atoms with Crippen molar-refractivity contribution >= 4 is 12.1 Å². The minimum absolute atomic E-state index is 0.0554. The minimum atomic E-state index is -0.986. The number of alkyl carbamates (subject to hydrolysis) is 1. The molecule has 3 rings (SSSR count). The Balaban J connectivity index is 1.60. The summed E-state index contributed by atoms with van der Waals surface area (Å²) in [5.41, 5.74) is 0.845. The molecule has 1 aromatic rings. The molecule has 2 aliphatic rings. The molecule has 28 heavy (non-hydrogen) atoms. The van der Waals surface area contributed by atoms with Crippen LogP contribution < -0.4 is 5.32 Å². The summed E-state index contributed by atoms with van der Waals surface area (Å²) in [6, 6.07) is 8.28. The van der Waals surface area contributed by atoms with Crippen molar-refractivity contribution in [1.82, 2.24) is 5.32 Å². The van der Waals surface area contributed by atoms with Crippen LogP contribution in [0.4, 0.5) is 4.79 Å². The van der Waals surface area contributed by atoms with Crippen LogP contribution in [-0.2, 0) is 35.1 Å². The van der Waals surface area contributed by atoms with Crippen molar-refractivity contribution in [2.24, 2.45) is 0 Å². The number of ether oxygens (including phenoxy) is 5. The Labute approximate surface area is 164 Å². The van der Waals surface area contributed by atoms with Gasteiger partial charge in [-0.2, -0.15) is 0 Å². The molecule has 0 radical (unpaired) electrons. The fourth-order valence-corrected chi connectivity index (χ4v) is 3.29. The van der Waals surface area contributed by atoms with E-state index in [-0.39, 0.29) is 25.4 Å². The van der Waals surface area contributed by atoms with Crippen molar-refractivity contribution in [3.63, 3.8) is 0 Å². The number of amides is 1. The van der Waals surface area contributed by atoms with Gasteiger partial charge >= 0.3 is 12.1 Å². The number of hydrogen-bond acceptors (Lipinski definition) is 7. The number of rotatable bonds is 3. The Morgan fingerprint density at radius 1 is 1.14 bits per heavy atom. The molecule has 2 heterocycles. The van der Waals surface area contributed by atoms with Crippen LogP contribution in [0.15, 0.2) is 30.3 Å². The van der Waals surface area contributed by atoms with Crippen molar-refractivity contribution < 1.29 is 33.3 Å². The smallest absolute Gasteiger partial charge is 0.408 e. The molecule has 1 amide bonds. The van der Waals surface area contributed by atoms with Crippen LogP contribution >= 0.6 is 0 Å². The van der Waals surface area contributed by atoms with Gasteiger partial charge in [0.05, 0.1) is 12.7 Å². The van der Waals surface area contributed by atoms with Crippen LogP contribution in [0.1, 0.15) is 33.3 Å². The Hall–Kier alpha value is -2.16. The lowest BCUT2D eigenvalue weighted by atomic mass is 10.1. The average molecular weight is 393 g/mol. The first-order chi connectivity index (χ1) is 13.2. The Morgan fingerprint density at radius 3 is 2.46 bits per heavy atom. The number of nitrogens with one attached hydrogen (secondary N) is 1. The molecule has 1 N–H and O–H groups in total. The molecule has 8 heteroatoms. The van der Waals surface area contributed by atoms with Crippen LogP contribution in [0.3, 0.4) is 0 Å². The predicted molar refractivity (Wildman–Crippen MR) is 98.3 cm³/mol. The van der Waals surface area contributed by atoms with Crippen LogP contribution in [0.2, 0.25) is 0 Å². The van der Waals surface area contributed by atoms with E-state index in [0.717, 1.165) is 5.56 Å². The maximum Gasteiger partial charge on any atom is 0.408 e. The van der Waals surface area contributed by atoms with Crippen molar-refractivity contribution in [2.75, 3.05) is 6.61 Å². The van der Waals surface area contributed by atoms with Gasteiger partial charge in [-0.05, 0) is 33.3 Å². The SMILES string of the molecule is C[C@H]1OC[C@H](NC(=O)OCc2ccccc2)C(=O)O[C@H](C)[C@H]2OC(C)(C)O[C@@H]21. The van der Waals surface area contributed by atoms with E-state index in [4.69, 9.17) is 23.7 Å². The Morgan fingerprint density at radius 2 is 1.79 bits per heavy atom. The van der Waals surface area contributed by atoms with Crippen LogP contribution in [0, 0.1) is 0 Å². The number of cyclic esters (lactones) is 1. The lowest BCUT2D eigenvalue weighted by molar-refractivity contribution is -0.176. The first kappa shape index (κ1) is 20.6. The monoisotopic (exact) mass is 393 g/mol. The van der Waals surface area contributed by atoms with Crippen molar-refractivity contribution in [3.8, 4) is 0 Å². The Kier molecular flexibility index (Phi) is 6.22. The zero-order valence-electron chi connectivity index (χ0n) is 16.5. The van der Waals surface area contributed by atoms with Gasteiger partial charge in [-0.1, -0.05) is 30.3 Å². The zero-order valence-corrected chi connectivity index (χ0v) is 16.5. The highest BCUT2D eigenvalue weighted by atomic mass is 16.8. The first-order valence-corrected chi connectivity index (χ1v) is 9.40. The van der Waals surface area contributed by atoms with E-state index in [9.17, 15) is 9.59 Å². The lowest BCUT2D eigenvalue weighted by Crippen LogP contribution is -2.46. The van der Waals surface area contributed by atoms with E-state index in [1.807, 2.05) is 37.3 Å². The molecule has 2 fully saturated rings. The summed E-state index contributed by atoms with van der Waals surface area (Å²) in [6.07, 6.45) is -2.48. The van der Waals surface area contributed by atoms with Crippen molar-refractivity contribution in [3.05, 3.63) is 35.9 Å². The van der Waals surface area contributed by atoms with E-state index < -0.39 is 36.1 Å². The van der Waals surface area contributed by atoms with Crippen LogP contribution in [0.5, 0.6) is 0 Å². The third kappa shape index (κ3) is 5.01. The summed E-state index contributed by atoms with van der Waals surface area (Å²) in [4.78, 5) is 24.6. The summed E-state index contributed by atoms with van der Waals surface area (Å²) in [5, 5.41) is 2.52. The second kappa shape index (κ2) is 8.46. The first-order valence-electron chi connectivity index (χ1n) is 9.40. The van der Waals surface area contributed by atoms with Gasteiger partial charge in [0.2, 0.25) is 0 Å². The fourth-order valence-electron chi connectivity index (χ4n) is 3.29. The number of carbonyl (C=O) groups excluding carboxylic acids is 2. The van der Waals surface area contributed by atoms with Crippen LogP contribution in [-0.4, -0.2) is 54.9 Å². The number of hydrogen-bond donors (Lipinski definition) is 1. The number of fused-ring (bicyclic) bond motifs is 1. The molecule has 0 saturated carbocycles. The van der Waals surface area contributed by atoms with E-state index in [1.54, 1.807) is 20.8 Å². The van der Waals surface area contributed by atoms with E-state index in [0.29, 0.717) is 0 Å². The highest BCUT2D eigenvalue weighted by molar-refractivity contribution is 5.81. The molecule has 5 atom stereocenters. The van der Waals surface area contributed by atoms with Crippen molar-refractivity contribution in [2.45, 2.75) is 70.5 Å². The molecule has 1 aromatic carbocycles. The molecule has 0 aliphatic carbocycles. The van der Waals surface area contributed by atoms with Gasteiger partial charge in [-0.15, -0.1) is 0 Å². The maximum atomic E-state index is 12.5. The van der Waals surface area contributed by atoms with Gasteiger partial charge < -0.3 is 29.0 Å². The van der Waals surface area contributed by atoms with Gasteiger partial charge in [0.15, 0.2) is 11.8 Å². The van der Waals surface area contributed by atoms with Gasteiger partial charge in [-0.3, -0.25) is 0 Å². The number of esters is 1. The third-order valence-electron chi connectivity index (χ3n) is 4.71. The molecule has 8 nitrogen and oxygen atoms in total. The normalized spacial score (nSPS) is 32.3. The Bertz CT molecular complexity index is 693. The minimum Gasteiger partial charge on any atom is -0.458 e. The van der Waals surface area contributed by atoms with Gasteiger partial charge in [0, 0.05) is 0 Å². The third-order valence-corrected chi connectivity index (χ3v) is 4.71. The maximum absolute atomic E-state index is 12.5. The average Bonchev–Trinajstić information content (AvgIpc) is 3.00. The second-order valence-corrected chi connectivity index (χ2v) is 7.50.